The van der Waals surface area contributed by atoms with E-state index in [9.17, 15) is 17.6 Å². The summed E-state index contributed by atoms with van der Waals surface area (Å²) in [5.41, 5.74) is 7.06. The van der Waals surface area contributed by atoms with Gasteiger partial charge in [0.2, 0.25) is 5.88 Å². The highest BCUT2D eigenvalue weighted by atomic mass is 32.2. The van der Waals surface area contributed by atoms with Crippen LogP contribution in [0.2, 0.25) is 0 Å². The Bertz CT molecular complexity index is 1070. The van der Waals surface area contributed by atoms with Crippen LogP contribution in [0.1, 0.15) is 22.8 Å². The summed E-state index contributed by atoms with van der Waals surface area (Å²) in [6, 6.07) is 12.1. The number of rotatable bonds is 5. The van der Waals surface area contributed by atoms with Crippen molar-refractivity contribution in [3.63, 3.8) is 0 Å². The molecule has 0 aliphatic rings. The number of anilines is 1. The number of hydrogen-bond acceptors (Lipinski definition) is 6. The van der Waals surface area contributed by atoms with Gasteiger partial charge < -0.3 is 10.5 Å². The highest BCUT2D eigenvalue weighted by Crippen LogP contribution is 2.22. The van der Waals surface area contributed by atoms with Crippen molar-refractivity contribution in [2.75, 3.05) is 5.73 Å². The van der Waals surface area contributed by atoms with Crippen LogP contribution in [-0.2, 0) is 16.4 Å². The van der Waals surface area contributed by atoms with Gasteiger partial charge in [0, 0.05) is 6.07 Å². The summed E-state index contributed by atoms with van der Waals surface area (Å²) >= 11 is 0. The number of halogens is 1. The van der Waals surface area contributed by atoms with E-state index in [1.165, 1.54) is 0 Å². The lowest BCUT2D eigenvalue weighted by molar-refractivity contribution is 0.0727. The molecule has 9 heteroatoms. The van der Waals surface area contributed by atoms with Crippen LogP contribution in [0.15, 0.2) is 59.5 Å². The SMILES string of the molecule is CCc1ccc(C(=O)Oc2cc(N)n(S(=O)(=O)c3ccc(F)cc3)n2)cc1. The maximum atomic E-state index is 13.0. The molecule has 0 atom stereocenters. The lowest BCUT2D eigenvalue weighted by atomic mass is 10.1. The molecule has 2 aromatic carbocycles. The predicted molar refractivity (Wildman–Crippen MR) is 96.4 cm³/mol. The van der Waals surface area contributed by atoms with Gasteiger partial charge in [-0.1, -0.05) is 19.1 Å². The Hall–Kier alpha value is -3.20. The van der Waals surface area contributed by atoms with Crippen LogP contribution < -0.4 is 10.5 Å². The van der Waals surface area contributed by atoms with E-state index < -0.39 is 21.8 Å². The topological polar surface area (TPSA) is 104 Å². The molecule has 2 N–H and O–H groups in total. The zero-order valence-electron chi connectivity index (χ0n) is 14.3. The lowest BCUT2D eigenvalue weighted by Gasteiger charge is -2.05. The maximum Gasteiger partial charge on any atom is 0.344 e. The van der Waals surface area contributed by atoms with Gasteiger partial charge in [0.05, 0.1) is 10.5 Å². The first-order chi connectivity index (χ1) is 12.8. The molecule has 0 spiro atoms. The third-order valence-electron chi connectivity index (χ3n) is 3.82. The Balaban J connectivity index is 1.85. The molecule has 0 fully saturated rings. The van der Waals surface area contributed by atoms with Crippen molar-refractivity contribution >= 4 is 21.8 Å². The zero-order chi connectivity index (χ0) is 19.6. The second kappa shape index (κ2) is 7.20. The van der Waals surface area contributed by atoms with Crippen LogP contribution in [-0.4, -0.2) is 23.6 Å². The molecule has 0 saturated carbocycles. The number of carbonyl (C=O) groups is 1. The van der Waals surface area contributed by atoms with Crippen LogP contribution in [0.5, 0.6) is 5.88 Å². The first-order valence-electron chi connectivity index (χ1n) is 7.99. The summed E-state index contributed by atoms with van der Waals surface area (Å²) < 4.78 is 43.8. The number of ether oxygens (including phenoxy) is 1. The molecule has 0 aliphatic heterocycles. The predicted octanol–water partition coefficient (Wildman–Crippen LogP) is 2.62. The van der Waals surface area contributed by atoms with Crippen LogP contribution in [0.4, 0.5) is 10.2 Å². The van der Waals surface area contributed by atoms with E-state index in [0.717, 1.165) is 42.3 Å². The molecule has 0 aliphatic carbocycles. The van der Waals surface area contributed by atoms with Crippen LogP contribution in [0.3, 0.4) is 0 Å². The minimum absolute atomic E-state index is 0.202. The Morgan fingerprint density at radius 1 is 1.15 bits per heavy atom. The molecule has 0 bridgehead atoms. The van der Waals surface area contributed by atoms with Crippen molar-refractivity contribution in [3.05, 3.63) is 71.5 Å². The molecular formula is C18H16FN3O4S. The van der Waals surface area contributed by atoms with Crippen molar-refractivity contribution in [1.82, 2.24) is 9.19 Å². The molecule has 3 rings (SSSR count). The van der Waals surface area contributed by atoms with E-state index in [1.54, 1.807) is 24.3 Å². The average Bonchev–Trinajstić information content (AvgIpc) is 3.03. The number of esters is 1. The van der Waals surface area contributed by atoms with Gasteiger partial charge in [-0.15, -0.1) is 9.19 Å². The van der Waals surface area contributed by atoms with E-state index in [1.807, 2.05) is 6.92 Å². The number of hydrogen-bond donors (Lipinski definition) is 1. The quantitative estimate of drug-likeness (QED) is 0.673. The first kappa shape index (κ1) is 18.6. The van der Waals surface area contributed by atoms with Gasteiger partial charge >= 0.3 is 5.97 Å². The number of nitrogens with zero attached hydrogens (tertiary/aromatic N) is 2. The van der Waals surface area contributed by atoms with Gasteiger partial charge in [-0.2, -0.15) is 8.42 Å². The van der Waals surface area contributed by atoms with E-state index >= 15 is 0 Å². The molecule has 3 aromatic rings. The fraction of sp³-hybridized carbons (Fsp3) is 0.111. The van der Waals surface area contributed by atoms with Gasteiger partial charge in [0.15, 0.2) is 0 Å². The third-order valence-corrected chi connectivity index (χ3v) is 5.43. The van der Waals surface area contributed by atoms with Gasteiger partial charge in [0.25, 0.3) is 10.0 Å². The molecule has 0 amide bonds. The van der Waals surface area contributed by atoms with Crippen molar-refractivity contribution in [2.24, 2.45) is 0 Å². The number of carbonyl (C=O) groups excluding carboxylic acids is 1. The number of nitrogens with two attached hydrogens (primary N) is 1. The lowest BCUT2D eigenvalue weighted by Crippen LogP contribution is -2.17. The Kier molecular flexibility index (Phi) is 4.95. The molecule has 0 radical (unpaired) electrons. The standard InChI is InChI=1S/C18H16FN3O4S/c1-2-12-3-5-13(6-4-12)18(23)26-17-11-16(20)22(21-17)27(24,25)15-9-7-14(19)8-10-15/h3-11H,2,20H2,1H3. The smallest absolute Gasteiger partial charge is 0.344 e. The molecule has 27 heavy (non-hydrogen) atoms. The Morgan fingerprint density at radius 2 is 1.78 bits per heavy atom. The third kappa shape index (κ3) is 3.82. The Labute approximate surface area is 155 Å². The monoisotopic (exact) mass is 389 g/mol. The summed E-state index contributed by atoms with van der Waals surface area (Å²) in [5, 5.41) is 3.75. The molecule has 7 nitrogen and oxygen atoms in total. The number of aryl methyl sites for hydroxylation is 1. The molecular weight excluding hydrogens is 373 g/mol. The van der Waals surface area contributed by atoms with E-state index in [-0.39, 0.29) is 16.6 Å². The summed E-state index contributed by atoms with van der Waals surface area (Å²) in [4.78, 5) is 12.0. The molecule has 0 saturated heterocycles. The van der Waals surface area contributed by atoms with E-state index in [0.29, 0.717) is 9.65 Å². The van der Waals surface area contributed by atoms with Gasteiger partial charge in [-0.3, -0.25) is 0 Å². The second-order valence-electron chi connectivity index (χ2n) is 5.65. The summed E-state index contributed by atoms with van der Waals surface area (Å²) in [6.45, 7) is 1.99. The summed E-state index contributed by atoms with van der Waals surface area (Å²) in [7, 11) is -4.15. The van der Waals surface area contributed by atoms with Crippen LogP contribution in [0, 0.1) is 5.82 Å². The number of benzene rings is 2. The average molecular weight is 389 g/mol. The van der Waals surface area contributed by atoms with Crippen molar-refractivity contribution < 1.29 is 22.3 Å². The van der Waals surface area contributed by atoms with Gasteiger partial charge in [0.1, 0.15) is 11.6 Å². The van der Waals surface area contributed by atoms with E-state index in [4.69, 9.17) is 10.5 Å². The zero-order valence-corrected chi connectivity index (χ0v) is 15.1. The van der Waals surface area contributed by atoms with Crippen molar-refractivity contribution in [2.45, 2.75) is 18.2 Å². The molecule has 1 aromatic heterocycles. The second-order valence-corrected chi connectivity index (χ2v) is 7.42. The first-order valence-corrected chi connectivity index (χ1v) is 9.43. The molecule has 140 valence electrons. The van der Waals surface area contributed by atoms with Crippen molar-refractivity contribution in [3.8, 4) is 5.88 Å². The van der Waals surface area contributed by atoms with Crippen LogP contribution in [0.25, 0.3) is 0 Å². The maximum absolute atomic E-state index is 13.0. The van der Waals surface area contributed by atoms with Crippen molar-refractivity contribution in [1.29, 1.82) is 0 Å². The highest BCUT2D eigenvalue weighted by Gasteiger charge is 2.23. The summed E-state index contributed by atoms with van der Waals surface area (Å²) in [6.07, 6.45) is 0.831. The minimum atomic E-state index is -4.15. The fourth-order valence-corrected chi connectivity index (χ4v) is 3.54. The molecule has 0 unspecified atom stereocenters. The van der Waals surface area contributed by atoms with Gasteiger partial charge in [-0.25, -0.2) is 9.18 Å². The van der Waals surface area contributed by atoms with Gasteiger partial charge in [-0.05, 0) is 48.4 Å². The summed E-state index contributed by atoms with van der Waals surface area (Å²) in [5.74, 6) is -1.78. The van der Waals surface area contributed by atoms with Crippen LogP contribution >= 0.6 is 0 Å². The fourth-order valence-electron chi connectivity index (χ4n) is 2.34. The highest BCUT2D eigenvalue weighted by molar-refractivity contribution is 7.90. The number of aromatic nitrogens is 2. The molecule has 1 heterocycles. The normalized spacial score (nSPS) is 11.3. The number of nitrogen functional groups attached to an aromatic ring is 1. The minimum Gasteiger partial charge on any atom is -0.402 e. The largest absolute Gasteiger partial charge is 0.402 e. The van der Waals surface area contributed by atoms with E-state index in [2.05, 4.69) is 5.10 Å². The Morgan fingerprint density at radius 3 is 2.37 bits per heavy atom.